The van der Waals surface area contributed by atoms with Gasteiger partial charge in [-0.15, -0.1) is 0 Å². The van der Waals surface area contributed by atoms with Crippen LogP contribution >= 0.6 is 0 Å². The first kappa shape index (κ1) is 13.1. The first-order chi connectivity index (χ1) is 10.2. The second kappa shape index (κ2) is 5.62. The van der Waals surface area contributed by atoms with E-state index in [1.54, 1.807) is 17.1 Å². The number of carbonyl (C=O) groups is 1. The van der Waals surface area contributed by atoms with Gasteiger partial charge in [0, 0.05) is 34.6 Å². The van der Waals surface area contributed by atoms with E-state index < -0.39 is 0 Å². The predicted molar refractivity (Wildman–Crippen MR) is 81.0 cm³/mol. The fourth-order valence-electron chi connectivity index (χ4n) is 2.11. The molecule has 21 heavy (non-hydrogen) atoms. The minimum absolute atomic E-state index is 0.157. The molecule has 3 rings (SSSR count). The number of aryl methyl sites for hydroxylation is 1. The summed E-state index contributed by atoms with van der Waals surface area (Å²) >= 11 is 0. The van der Waals surface area contributed by atoms with Gasteiger partial charge in [-0.3, -0.25) is 9.48 Å². The van der Waals surface area contributed by atoms with Crippen LogP contribution in [-0.4, -0.2) is 26.9 Å². The molecule has 0 fully saturated rings. The number of fused-ring (bicyclic) bond motifs is 1. The number of nitrogens with one attached hydrogen (secondary N) is 2. The van der Waals surface area contributed by atoms with E-state index in [2.05, 4.69) is 20.6 Å². The predicted octanol–water partition coefficient (Wildman–Crippen LogP) is 1.82. The topological polar surface area (TPSA) is 75.1 Å². The van der Waals surface area contributed by atoms with Crippen molar-refractivity contribution in [2.75, 3.05) is 0 Å². The molecule has 1 aromatic carbocycles. The molecule has 6 nitrogen and oxygen atoms in total. The SMILES string of the molecule is Cc1ccnn1CC(=O)N/N=C\c1c[nH]c2ccccc12. The lowest BCUT2D eigenvalue weighted by atomic mass is 10.2. The molecule has 6 heteroatoms. The van der Waals surface area contributed by atoms with Crippen molar-refractivity contribution in [2.45, 2.75) is 13.5 Å². The van der Waals surface area contributed by atoms with Gasteiger partial charge in [-0.25, -0.2) is 5.43 Å². The van der Waals surface area contributed by atoms with E-state index in [-0.39, 0.29) is 12.5 Å². The second-order valence-electron chi connectivity index (χ2n) is 4.71. The molecule has 1 amide bonds. The molecule has 0 aliphatic carbocycles. The summed E-state index contributed by atoms with van der Waals surface area (Å²) in [4.78, 5) is 14.9. The molecule has 0 radical (unpaired) electrons. The fourth-order valence-corrected chi connectivity index (χ4v) is 2.11. The first-order valence-corrected chi connectivity index (χ1v) is 6.60. The molecular formula is C15H15N5O. The molecule has 0 aliphatic rings. The van der Waals surface area contributed by atoms with Gasteiger partial charge in [0.05, 0.1) is 6.21 Å². The monoisotopic (exact) mass is 281 g/mol. The van der Waals surface area contributed by atoms with E-state index in [1.165, 1.54) is 0 Å². The van der Waals surface area contributed by atoms with Crippen molar-refractivity contribution in [1.82, 2.24) is 20.2 Å². The zero-order valence-corrected chi connectivity index (χ0v) is 11.6. The summed E-state index contributed by atoms with van der Waals surface area (Å²) in [5.74, 6) is -0.210. The van der Waals surface area contributed by atoms with Gasteiger partial charge in [0.25, 0.3) is 5.91 Å². The molecule has 0 spiro atoms. The number of hydrogen-bond donors (Lipinski definition) is 2. The first-order valence-electron chi connectivity index (χ1n) is 6.60. The average molecular weight is 281 g/mol. The molecule has 2 aromatic heterocycles. The van der Waals surface area contributed by atoms with Crippen LogP contribution in [0, 0.1) is 6.92 Å². The van der Waals surface area contributed by atoms with E-state index in [0.717, 1.165) is 22.2 Å². The maximum atomic E-state index is 11.8. The summed E-state index contributed by atoms with van der Waals surface area (Å²) in [6.07, 6.45) is 5.16. The van der Waals surface area contributed by atoms with E-state index in [0.29, 0.717) is 0 Å². The van der Waals surface area contributed by atoms with Crippen molar-refractivity contribution in [3.8, 4) is 0 Å². The van der Waals surface area contributed by atoms with Gasteiger partial charge >= 0.3 is 0 Å². The maximum Gasteiger partial charge on any atom is 0.261 e. The van der Waals surface area contributed by atoms with Crippen molar-refractivity contribution < 1.29 is 4.79 Å². The largest absolute Gasteiger partial charge is 0.361 e. The number of hydrazone groups is 1. The zero-order chi connectivity index (χ0) is 14.7. The average Bonchev–Trinajstić information content (AvgIpc) is 3.07. The van der Waals surface area contributed by atoms with Gasteiger partial charge in [0.15, 0.2) is 0 Å². The summed E-state index contributed by atoms with van der Waals surface area (Å²) in [7, 11) is 0. The van der Waals surface area contributed by atoms with Gasteiger partial charge in [-0.05, 0) is 19.1 Å². The molecule has 2 heterocycles. The number of hydrogen-bond acceptors (Lipinski definition) is 3. The van der Waals surface area contributed by atoms with Gasteiger partial charge in [-0.1, -0.05) is 18.2 Å². The highest BCUT2D eigenvalue weighted by atomic mass is 16.2. The van der Waals surface area contributed by atoms with Gasteiger partial charge in [0.2, 0.25) is 0 Å². The highest BCUT2D eigenvalue weighted by Gasteiger charge is 2.04. The summed E-state index contributed by atoms with van der Waals surface area (Å²) in [5.41, 5.74) is 5.41. The van der Waals surface area contributed by atoms with E-state index in [1.807, 2.05) is 43.5 Å². The van der Waals surface area contributed by atoms with Crippen molar-refractivity contribution in [3.05, 3.63) is 54.0 Å². The maximum absolute atomic E-state index is 11.8. The number of para-hydroxylation sites is 1. The van der Waals surface area contributed by atoms with Crippen molar-refractivity contribution in [3.63, 3.8) is 0 Å². The van der Waals surface area contributed by atoms with Gasteiger partial charge in [0.1, 0.15) is 6.54 Å². The van der Waals surface area contributed by atoms with Crippen LogP contribution in [-0.2, 0) is 11.3 Å². The number of amides is 1. The molecule has 0 unspecified atom stereocenters. The fraction of sp³-hybridized carbons (Fsp3) is 0.133. The Morgan fingerprint density at radius 1 is 1.43 bits per heavy atom. The normalized spacial score (nSPS) is 11.3. The molecule has 0 saturated heterocycles. The molecule has 0 aliphatic heterocycles. The van der Waals surface area contributed by atoms with Crippen LogP contribution in [0.15, 0.2) is 47.8 Å². The van der Waals surface area contributed by atoms with Crippen molar-refractivity contribution in [2.24, 2.45) is 5.10 Å². The van der Waals surface area contributed by atoms with E-state index in [9.17, 15) is 4.79 Å². The summed E-state index contributed by atoms with van der Waals surface area (Å²) < 4.78 is 1.62. The number of carbonyl (C=O) groups excluding carboxylic acids is 1. The third-order valence-electron chi connectivity index (χ3n) is 3.24. The Bertz CT molecular complexity index is 799. The van der Waals surface area contributed by atoms with Crippen LogP contribution in [0.1, 0.15) is 11.3 Å². The Morgan fingerprint density at radius 3 is 3.10 bits per heavy atom. The highest BCUT2D eigenvalue weighted by molar-refractivity contribution is 5.99. The number of nitrogens with zero attached hydrogens (tertiary/aromatic N) is 3. The Hall–Kier alpha value is -2.89. The molecule has 3 aromatic rings. The molecular weight excluding hydrogens is 266 g/mol. The quantitative estimate of drug-likeness (QED) is 0.565. The summed E-state index contributed by atoms with van der Waals surface area (Å²) in [6.45, 7) is 2.06. The Balaban J connectivity index is 1.64. The highest BCUT2D eigenvalue weighted by Crippen LogP contribution is 2.15. The van der Waals surface area contributed by atoms with E-state index >= 15 is 0 Å². The van der Waals surface area contributed by atoms with E-state index in [4.69, 9.17) is 0 Å². The minimum Gasteiger partial charge on any atom is -0.361 e. The third-order valence-corrected chi connectivity index (χ3v) is 3.24. The van der Waals surface area contributed by atoms with Crippen LogP contribution in [0.2, 0.25) is 0 Å². The summed E-state index contributed by atoms with van der Waals surface area (Å²) in [6, 6.07) is 9.77. The molecule has 0 bridgehead atoms. The lowest BCUT2D eigenvalue weighted by Crippen LogP contribution is -2.24. The van der Waals surface area contributed by atoms with Crippen LogP contribution in [0.5, 0.6) is 0 Å². The summed E-state index contributed by atoms with van der Waals surface area (Å²) in [5, 5.41) is 9.11. The van der Waals surface area contributed by atoms with Crippen LogP contribution in [0.3, 0.4) is 0 Å². The number of benzene rings is 1. The lowest BCUT2D eigenvalue weighted by Gasteiger charge is -2.02. The molecule has 106 valence electrons. The number of aromatic amines is 1. The lowest BCUT2D eigenvalue weighted by molar-refractivity contribution is -0.121. The van der Waals surface area contributed by atoms with Crippen LogP contribution in [0.25, 0.3) is 10.9 Å². The second-order valence-corrected chi connectivity index (χ2v) is 4.71. The van der Waals surface area contributed by atoms with Crippen LogP contribution in [0.4, 0.5) is 0 Å². The minimum atomic E-state index is -0.210. The Labute approximate surface area is 121 Å². The Kier molecular flexibility index (Phi) is 3.51. The van der Waals surface area contributed by atoms with Crippen molar-refractivity contribution >= 4 is 23.0 Å². The van der Waals surface area contributed by atoms with Gasteiger partial charge in [-0.2, -0.15) is 10.2 Å². The molecule has 0 atom stereocenters. The Morgan fingerprint density at radius 2 is 2.29 bits per heavy atom. The smallest absolute Gasteiger partial charge is 0.261 e. The molecule has 2 N–H and O–H groups in total. The van der Waals surface area contributed by atoms with Crippen LogP contribution < -0.4 is 5.43 Å². The van der Waals surface area contributed by atoms with Gasteiger partial charge < -0.3 is 4.98 Å². The standard InChI is InChI=1S/C15H15N5O/c1-11-6-7-18-20(11)10-15(21)19-17-9-12-8-16-14-5-3-2-4-13(12)14/h2-9,16H,10H2,1H3,(H,19,21)/b17-9-. The van der Waals surface area contributed by atoms with Crippen molar-refractivity contribution in [1.29, 1.82) is 0 Å². The number of aromatic nitrogens is 3. The third kappa shape index (κ3) is 2.84. The molecule has 0 saturated carbocycles. The zero-order valence-electron chi connectivity index (χ0n) is 11.6. The number of rotatable bonds is 4. The number of H-pyrrole nitrogens is 1.